The minimum absolute atomic E-state index is 0.321. The Morgan fingerprint density at radius 1 is 0.833 bits per heavy atom. The normalized spacial score (nSPS) is 11.3. The van der Waals surface area contributed by atoms with Gasteiger partial charge in [0, 0.05) is 22.5 Å². The van der Waals surface area contributed by atoms with Crippen molar-refractivity contribution in [2.75, 3.05) is 0 Å². The summed E-state index contributed by atoms with van der Waals surface area (Å²) in [5.74, 6) is 0. The van der Waals surface area contributed by atoms with Gasteiger partial charge in [-0.25, -0.2) is 0 Å². The topological polar surface area (TPSA) is 0 Å². The van der Waals surface area contributed by atoms with Crippen molar-refractivity contribution in [2.45, 2.75) is 0 Å². The molecule has 0 aromatic heterocycles. The minimum atomic E-state index is 0.321. The van der Waals surface area contributed by atoms with Gasteiger partial charge in [0.2, 0.25) is 0 Å². The summed E-state index contributed by atoms with van der Waals surface area (Å²) >= 11 is 24.1. The van der Waals surface area contributed by atoms with Gasteiger partial charge in [-0.05, 0) is 40.4 Å². The zero-order valence-electron chi connectivity index (χ0n) is 8.82. The van der Waals surface area contributed by atoms with Crippen LogP contribution >= 0.6 is 46.4 Å². The van der Waals surface area contributed by atoms with Crippen LogP contribution in [0.4, 0.5) is 0 Å². The molecule has 3 aromatic rings. The first-order valence-electron chi connectivity index (χ1n) is 5.07. The molecule has 2 radical (unpaired) electrons. The fourth-order valence-corrected chi connectivity index (χ4v) is 2.70. The molecule has 0 fully saturated rings. The van der Waals surface area contributed by atoms with Gasteiger partial charge in [-0.1, -0.05) is 46.4 Å². The molecular weight excluding hydrogens is 310 g/mol. The van der Waals surface area contributed by atoms with E-state index in [2.05, 4.69) is 12.1 Å². The van der Waals surface area contributed by atoms with Crippen molar-refractivity contribution >= 4 is 67.9 Å². The fraction of sp³-hybridized carbons (Fsp3) is 0. The molecule has 4 heteroatoms. The molecule has 3 rings (SSSR count). The van der Waals surface area contributed by atoms with Crippen molar-refractivity contribution in [2.24, 2.45) is 0 Å². The number of hydrogen-bond acceptors (Lipinski definition) is 0. The molecule has 3 aromatic carbocycles. The van der Waals surface area contributed by atoms with E-state index in [0.29, 0.717) is 20.1 Å². The highest BCUT2D eigenvalue weighted by molar-refractivity contribution is 6.50. The van der Waals surface area contributed by atoms with Crippen LogP contribution in [0.3, 0.4) is 0 Å². The summed E-state index contributed by atoms with van der Waals surface area (Å²) in [5.41, 5.74) is 0. The molecule has 0 saturated carbocycles. The molecule has 0 atom stereocenters. The van der Waals surface area contributed by atoms with Crippen LogP contribution in [0, 0.1) is 12.1 Å². The van der Waals surface area contributed by atoms with Crippen LogP contribution in [0.1, 0.15) is 0 Å². The van der Waals surface area contributed by atoms with Gasteiger partial charge in [0.1, 0.15) is 0 Å². The highest BCUT2D eigenvalue weighted by Gasteiger charge is 2.10. The predicted molar refractivity (Wildman–Crippen MR) is 79.2 cm³/mol. The summed E-state index contributed by atoms with van der Waals surface area (Å²) in [5, 5.41) is 5.24. The Bertz CT molecular complexity index is 778. The van der Waals surface area contributed by atoms with Crippen LogP contribution in [-0.4, -0.2) is 0 Å². The molecular formula is C14H4Cl4. The SMILES string of the molecule is Clc1[c]cc2cc3c(Cl)c(Cl)c(Cl)[c]c3cc2c1. The third-order valence-electron chi connectivity index (χ3n) is 2.74. The van der Waals surface area contributed by atoms with E-state index in [1.807, 2.05) is 24.3 Å². The smallest absolute Gasteiger partial charge is 0.0791 e. The molecule has 0 heterocycles. The zero-order valence-corrected chi connectivity index (χ0v) is 11.8. The van der Waals surface area contributed by atoms with Gasteiger partial charge in [0.15, 0.2) is 0 Å². The molecule has 0 spiro atoms. The Morgan fingerprint density at radius 3 is 2.39 bits per heavy atom. The molecule has 0 aliphatic heterocycles. The van der Waals surface area contributed by atoms with Gasteiger partial charge in [0.05, 0.1) is 15.1 Å². The lowest BCUT2D eigenvalue weighted by molar-refractivity contribution is 1.74. The zero-order chi connectivity index (χ0) is 12.9. The van der Waals surface area contributed by atoms with Gasteiger partial charge in [0.25, 0.3) is 0 Å². The molecule has 0 aliphatic rings. The lowest BCUT2D eigenvalue weighted by atomic mass is 10.0. The highest BCUT2D eigenvalue weighted by atomic mass is 35.5. The average molecular weight is 314 g/mol. The quantitative estimate of drug-likeness (QED) is 0.342. The van der Waals surface area contributed by atoms with Crippen molar-refractivity contribution < 1.29 is 0 Å². The Hall–Kier alpha value is -0.660. The van der Waals surface area contributed by atoms with Gasteiger partial charge >= 0.3 is 0 Å². The largest absolute Gasteiger partial charge is 0.0836 e. The van der Waals surface area contributed by atoms with Crippen LogP contribution in [0.2, 0.25) is 20.1 Å². The Morgan fingerprint density at radius 2 is 1.61 bits per heavy atom. The average Bonchev–Trinajstić information content (AvgIpc) is 2.34. The maximum Gasteiger partial charge on any atom is 0.0791 e. The standard InChI is InChI=1S/C14H4Cl4/c15-10-2-1-7-5-11-9(3-8(7)4-10)6-12(16)14(18)13(11)17/h1,3-5H. The summed E-state index contributed by atoms with van der Waals surface area (Å²) in [7, 11) is 0. The number of benzene rings is 3. The molecule has 18 heavy (non-hydrogen) atoms. The maximum absolute atomic E-state index is 6.19. The molecule has 0 nitrogen and oxygen atoms in total. The Balaban J connectivity index is 2.49. The van der Waals surface area contributed by atoms with E-state index in [0.717, 1.165) is 21.5 Å². The first-order valence-corrected chi connectivity index (χ1v) is 6.58. The molecule has 0 amide bonds. The van der Waals surface area contributed by atoms with E-state index in [4.69, 9.17) is 46.4 Å². The first kappa shape index (κ1) is 12.4. The third kappa shape index (κ3) is 1.94. The molecule has 0 bridgehead atoms. The van der Waals surface area contributed by atoms with Crippen molar-refractivity contribution in [3.8, 4) is 0 Å². The summed E-state index contributed by atoms with van der Waals surface area (Å²) in [6, 6.07) is 13.5. The summed E-state index contributed by atoms with van der Waals surface area (Å²) in [6.45, 7) is 0. The second-order valence-electron chi connectivity index (χ2n) is 3.87. The molecule has 0 aliphatic carbocycles. The monoisotopic (exact) mass is 312 g/mol. The third-order valence-corrected chi connectivity index (χ3v) is 4.20. The minimum Gasteiger partial charge on any atom is -0.0836 e. The van der Waals surface area contributed by atoms with Gasteiger partial charge in [-0.15, -0.1) is 0 Å². The number of fused-ring (bicyclic) bond motifs is 2. The lowest BCUT2D eigenvalue weighted by Crippen LogP contribution is -1.81. The second-order valence-corrected chi connectivity index (χ2v) is 5.42. The number of halogens is 4. The fourth-order valence-electron chi connectivity index (χ4n) is 1.88. The summed E-state index contributed by atoms with van der Waals surface area (Å²) < 4.78 is 0. The predicted octanol–water partition coefficient (Wildman–Crippen LogP) is 6.21. The maximum atomic E-state index is 6.19. The van der Waals surface area contributed by atoms with E-state index < -0.39 is 0 Å². The van der Waals surface area contributed by atoms with Crippen LogP contribution in [0.25, 0.3) is 21.5 Å². The summed E-state index contributed by atoms with van der Waals surface area (Å²) in [4.78, 5) is 0. The van der Waals surface area contributed by atoms with Gasteiger partial charge in [-0.3, -0.25) is 0 Å². The Labute approximate surface area is 124 Å². The molecule has 0 unspecified atom stereocenters. The highest BCUT2D eigenvalue weighted by Crippen LogP contribution is 2.38. The molecule has 0 N–H and O–H groups in total. The second kappa shape index (κ2) is 4.47. The van der Waals surface area contributed by atoms with E-state index in [1.54, 1.807) is 0 Å². The van der Waals surface area contributed by atoms with Crippen molar-refractivity contribution in [1.82, 2.24) is 0 Å². The lowest BCUT2D eigenvalue weighted by Gasteiger charge is -2.07. The Kier molecular flexibility index (Phi) is 3.07. The summed E-state index contributed by atoms with van der Waals surface area (Å²) in [6.07, 6.45) is 0. The molecule has 0 saturated heterocycles. The first-order chi connectivity index (χ1) is 8.56. The van der Waals surface area contributed by atoms with Gasteiger partial charge < -0.3 is 0 Å². The number of rotatable bonds is 0. The van der Waals surface area contributed by atoms with E-state index in [-0.39, 0.29) is 0 Å². The van der Waals surface area contributed by atoms with E-state index >= 15 is 0 Å². The van der Waals surface area contributed by atoms with E-state index in [9.17, 15) is 0 Å². The van der Waals surface area contributed by atoms with Gasteiger partial charge in [-0.2, -0.15) is 0 Å². The van der Waals surface area contributed by atoms with Crippen LogP contribution < -0.4 is 0 Å². The van der Waals surface area contributed by atoms with Crippen LogP contribution in [-0.2, 0) is 0 Å². The van der Waals surface area contributed by atoms with E-state index in [1.165, 1.54) is 0 Å². The van der Waals surface area contributed by atoms with Crippen molar-refractivity contribution in [3.05, 3.63) is 56.5 Å². The molecule has 88 valence electrons. The van der Waals surface area contributed by atoms with Crippen LogP contribution in [0.15, 0.2) is 24.3 Å². The van der Waals surface area contributed by atoms with Crippen molar-refractivity contribution in [1.29, 1.82) is 0 Å². The van der Waals surface area contributed by atoms with Crippen LogP contribution in [0.5, 0.6) is 0 Å². The van der Waals surface area contributed by atoms with Crippen molar-refractivity contribution in [3.63, 3.8) is 0 Å². The number of hydrogen-bond donors (Lipinski definition) is 0.